The molecule has 1 aromatic carbocycles. The van der Waals surface area contributed by atoms with Gasteiger partial charge in [-0.15, -0.1) is 0 Å². The Morgan fingerprint density at radius 1 is 1.33 bits per heavy atom. The van der Waals surface area contributed by atoms with Gasteiger partial charge in [0.25, 0.3) is 11.6 Å². The second-order valence-corrected chi connectivity index (χ2v) is 4.21. The van der Waals surface area contributed by atoms with E-state index in [0.717, 1.165) is 6.07 Å². The van der Waals surface area contributed by atoms with Crippen LogP contribution in [0.3, 0.4) is 0 Å². The Kier molecular flexibility index (Phi) is 4.26. The Labute approximate surface area is 123 Å². The number of carbonyl (C=O) groups excluding carboxylic acids is 1. The van der Waals surface area contributed by atoms with Gasteiger partial charge in [-0.25, -0.2) is 15.8 Å². The average molecular weight is 309 g/mol. The SMILES string of the molecule is NNc1cnc(C(=O)Nc2cc([N+](=O)[O-])ccc2Cl)cn1. The van der Waals surface area contributed by atoms with E-state index in [-0.39, 0.29) is 22.1 Å². The third-order valence-electron chi connectivity index (χ3n) is 2.44. The standard InChI is InChI=1S/C11H9ClN6O3/c12-7-2-1-6(18(20)21)3-8(7)16-11(19)9-4-15-10(17-13)5-14-9/h1-5H,13H2,(H,15,17)(H,16,19). The van der Waals surface area contributed by atoms with Crippen LogP contribution in [-0.2, 0) is 0 Å². The van der Waals surface area contributed by atoms with Gasteiger partial charge in [-0.3, -0.25) is 14.9 Å². The third-order valence-corrected chi connectivity index (χ3v) is 2.77. The Morgan fingerprint density at radius 2 is 2.10 bits per heavy atom. The summed E-state index contributed by atoms with van der Waals surface area (Å²) in [5.41, 5.74) is 2.20. The van der Waals surface area contributed by atoms with Crippen molar-refractivity contribution in [1.29, 1.82) is 0 Å². The fourth-order valence-electron chi connectivity index (χ4n) is 1.43. The molecule has 0 aliphatic heterocycles. The maximum atomic E-state index is 12.0. The summed E-state index contributed by atoms with van der Waals surface area (Å²) in [7, 11) is 0. The monoisotopic (exact) mass is 308 g/mol. The molecule has 0 saturated carbocycles. The summed E-state index contributed by atoms with van der Waals surface area (Å²) >= 11 is 5.88. The summed E-state index contributed by atoms with van der Waals surface area (Å²) < 4.78 is 0. The van der Waals surface area contributed by atoms with Gasteiger partial charge in [0.1, 0.15) is 5.69 Å². The van der Waals surface area contributed by atoms with Crippen LogP contribution >= 0.6 is 11.6 Å². The van der Waals surface area contributed by atoms with Crippen molar-refractivity contribution in [3.8, 4) is 0 Å². The molecule has 0 atom stereocenters. The minimum atomic E-state index is -0.603. The number of halogens is 1. The van der Waals surface area contributed by atoms with Gasteiger partial charge in [0.2, 0.25) is 0 Å². The zero-order valence-electron chi connectivity index (χ0n) is 10.4. The quantitative estimate of drug-likeness (QED) is 0.443. The lowest BCUT2D eigenvalue weighted by atomic mass is 10.2. The molecule has 0 aliphatic rings. The molecule has 1 aromatic heterocycles. The zero-order chi connectivity index (χ0) is 15.4. The first kappa shape index (κ1) is 14.6. The first-order valence-corrected chi connectivity index (χ1v) is 5.93. The highest BCUT2D eigenvalue weighted by Gasteiger charge is 2.14. The minimum Gasteiger partial charge on any atom is -0.319 e. The van der Waals surface area contributed by atoms with E-state index in [1.165, 1.54) is 24.5 Å². The number of rotatable bonds is 4. The van der Waals surface area contributed by atoms with Crippen LogP contribution in [0.25, 0.3) is 0 Å². The van der Waals surface area contributed by atoms with Crippen LogP contribution in [0.4, 0.5) is 17.2 Å². The number of nitrogens with two attached hydrogens (primary N) is 1. The fourth-order valence-corrected chi connectivity index (χ4v) is 1.59. The van der Waals surface area contributed by atoms with Crippen LogP contribution in [0.1, 0.15) is 10.5 Å². The highest BCUT2D eigenvalue weighted by Crippen LogP contribution is 2.26. The molecular formula is C11H9ClN6O3. The molecule has 0 aliphatic carbocycles. The number of benzene rings is 1. The van der Waals surface area contributed by atoms with Gasteiger partial charge in [0, 0.05) is 12.1 Å². The molecule has 0 unspecified atom stereocenters. The predicted molar refractivity (Wildman–Crippen MR) is 75.9 cm³/mol. The van der Waals surface area contributed by atoms with Crippen LogP contribution in [0, 0.1) is 10.1 Å². The molecular weight excluding hydrogens is 300 g/mol. The summed E-state index contributed by atoms with van der Waals surface area (Å²) in [4.78, 5) is 29.7. The first-order chi connectivity index (χ1) is 10.0. The minimum absolute atomic E-state index is 0.0107. The molecule has 4 N–H and O–H groups in total. The number of aromatic nitrogens is 2. The average Bonchev–Trinajstić information content (AvgIpc) is 2.49. The van der Waals surface area contributed by atoms with Crippen molar-refractivity contribution in [2.75, 3.05) is 10.7 Å². The maximum absolute atomic E-state index is 12.0. The number of hydrogen-bond acceptors (Lipinski definition) is 7. The molecule has 0 fully saturated rings. The molecule has 2 aromatic rings. The predicted octanol–water partition coefficient (Wildman–Crippen LogP) is 1.58. The Morgan fingerprint density at radius 3 is 2.67 bits per heavy atom. The molecule has 2 rings (SSSR count). The fraction of sp³-hybridized carbons (Fsp3) is 0. The van der Waals surface area contributed by atoms with E-state index in [1.807, 2.05) is 0 Å². The van der Waals surface area contributed by atoms with Gasteiger partial charge in [-0.2, -0.15) is 0 Å². The van der Waals surface area contributed by atoms with E-state index in [1.54, 1.807) is 0 Å². The molecule has 0 radical (unpaired) electrons. The molecule has 21 heavy (non-hydrogen) atoms. The van der Waals surface area contributed by atoms with Crippen molar-refractivity contribution in [2.24, 2.45) is 5.84 Å². The number of nitrogens with zero attached hydrogens (tertiary/aromatic N) is 3. The highest BCUT2D eigenvalue weighted by molar-refractivity contribution is 6.34. The number of nitrogen functional groups attached to an aromatic ring is 1. The van der Waals surface area contributed by atoms with Gasteiger partial charge in [-0.1, -0.05) is 11.6 Å². The smallest absolute Gasteiger partial charge is 0.275 e. The number of hydrogen-bond donors (Lipinski definition) is 3. The Bertz CT molecular complexity index is 691. The Balaban J connectivity index is 2.22. The largest absolute Gasteiger partial charge is 0.319 e. The number of nitrogens with one attached hydrogen (secondary N) is 2. The normalized spacial score (nSPS) is 10.0. The van der Waals surface area contributed by atoms with Crippen molar-refractivity contribution in [3.05, 3.63) is 51.4 Å². The second-order valence-electron chi connectivity index (χ2n) is 3.81. The highest BCUT2D eigenvalue weighted by atomic mass is 35.5. The van der Waals surface area contributed by atoms with Crippen molar-refractivity contribution in [1.82, 2.24) is 9.97 Å². The van der Waals surface area contributed by atoms with Gasteiger partial charge in [-0.05, 0) is 6.07 Å². The van der Waals surface area contributed by atoms with Crippen LogP contribution in [0.2, 0.25) is 5.02 Å². The maximum Gasteiger partial charge on any atom is 0.275 e. The van der Waals surface area contributed by atoms with E-state index in [2.05, 4.69) is 20.7 Å². The number of carbonyl (C=O) groups is 1. The lowest BCUT2D eigenvalue weighted by molar-refractivity contribution is -0.384. The van der Waals surface area contributed by atoms with Crippen molar-refractivity contribution in [3.63, 3.8) is 0 Å². The van der Waals surface area contributed by atoms with E-state index >= 15 is 0 Å². The molecule has 9 nitrogen and oxygen atoms in total. The number of amides is 1. The van der Waals surface area contributed by atoms with Crippen molar-refractivity contribution >= 4 is 34.7 Å². The lowest BCUT2D eigenvalue weighted by Crippen LogP contribution is -2.16. The van der Waals surface area contributed by atoms with Crippen molar-refractivity contribution < 1.29 is 9.72 Å². The zero-order valence-corrected chi connectivity index (χ0v) is 11.2. The molecule has 0 saturated heterocycles. The second kappa shape index (κ2) is 6.11. The van der Waals surface area contributed by atoms with Gasteiger partial charge in [0.15, 0.2) is 5.82 Å². The summed E-state index contributed by atoms with van der Waals surface area (Å²) in [6.45, 7) is 0. The summed E-state index contributed by atoms with van der Waals surface area (Å²) in [6, 6.07) is 3.71. The van der Waals surface area contributed by atoms with E-state index < -0.39 is 10.8 Å². The van der Waals surface area contributed by atoms with Gasteiger partial charge in [0.05, 0.1) is 28.0 Å². The topological polar surface area (TPSA) is 136 Å². The van der Waals surface area contributed by atoms with E-state index in [0.29, 0.717) is 5.82 Å². The van der Waals surface area contributed by atoms with Crippen LogP contribution in [0.5, 0.6) is 0 Å². The number of nitro groups is 1. The van der Waals surface area contributed by atoms with Crippen LogP contribution < -0.4 is 16.6 Å². The molecule has 108 valence electrons. The van der Waals surface area contributed by atoms with Gasteiger partial charge >= 0.3 is 0 Å². The molecule has 1 heterocycles. The number of anilines is 2. The Hall–Kier alpha value is -2.78. The van der Waals surface area contributed by atoms with E-state index in [9.17, 15) is 14.9 Å². The summed E-state index contributed by atoms with van der Waals surface area (Å²) in [5.74, 6) is 4.82. The summed E-state index contributed by atoms with van der Waals surface area (Å²) in [6.07, 6.45) is 2.47. The number of nitro benzene ring substituents is 1. The lowest BCUT2D eigenvalue weighted by Gasteiger charge is -2.06. The molecule has 10 heteroatoms. The first-order valence-electron chi connectivity index (χ1n) is 5.55. The van der Waals surface area contributed by atoms with Gasteiger partial charge < -0.3 is 10.7 Å². The molecule has 1 amide bonds. The molecule has 0 bridgehead atoms. The summed E-state index contributed by atoms with van der Waals surface area (Å²) in [5, 5.41) is 13.3. The van der Waals surface area contributed by atoms with Crippen LogP contribution in [-0.4, -0.2) is 20.8 Å². The molecule has 0 spiro atoms. The number of hydrazine groups is 1. The third kappa shape index (κ3) is 3.41. The number of non-ortho nitro benzene ring substituents is 1. The van der Waals surface area contributed by atoms with Crippen LogP contribution in [0.15, 0.2) is 30.6 Å². The van der Waals surface area contributed by atoms with Crippen molar-refractivity contribution in [2.45, 2.75) is 0 Å². The van der Waals surface area contributed by atoms with E-state index in [4.69, 9.17) is 17.4 Å².